The SMILES string of the molecule is CCC(NCCc1ncn[nH]1)c1ccccc1F. The first-order chi connectivity index (χ1) is 8.81. The maximum atomic E-state index is 13.7. The molecule has 4 nitrogen and oxygen atoms in total. The van der Waals surface area contributed by atoms with E-state index >= 15 is 0 Å². The number of aromatic amines is 1. The van der Waals surface area contributed by atoms with Crippen molar-refractivity contribution in [2.45, 2.75) is 25.8 Å². The lowest BCUT2D eigenvalue weighted by Crippen LogP contribution is -2.24. The second-order valence-electron chi connectivity index (χ2n) is 4.12. The molecular weight excluding hydrogens is 231 g/mol. The Morgan fingerprint density at radius 1 is 1.39 bits per heavy atom. The highest BCUT2D eigenvalue weighted by Gasteiger charge is 2.12. The molecule has 1 aromatic heterocycles. The van der Waals surface area contributed by atoms with Crippen LogP contribution in [0.15, 0.2) is 30.6 Å². The molecule has 96 valence electrons. The number of halogens is 1. The van der Waals surface area contributed by atoms with E-state index in [2.05, 4.69) is 20.5 Å². The molecule has 0 aliphatic heterocycles. The van der Waals surface area contributed by atoms with Crippen molar-refractivity contribution in [3.05, 3.63) is 47.8 Å². The van der Waals surface area contributed by atoms with Gasteiger partial charge in [-0.25, -0.2) is 9.37 Å². The Kier molecular flexibility index (Phi) is 4.41. The third-order valence-corrected chi connectivity index (χ3v) is 2.91. The van der Waals surface area contributed by atoms with Gasteiger partial charge in [-0.3, -0.25) is 5.10 Å². The highest BCUT2D eigenvalue weighted by Crippen LogP contribution is 2.19. The Morgan fingerprint density at radius 3 is 2.89 bits per heavy atom. The van der Waals surface area contributed by atoms with Crippen molar-refractivity contribution in [1.82, 2.24) is 20.5 Å². The molecule has 1 atom stereocenters. The van der Waals surface area contributed by atoms with Gasteiger partial charge in [-0.2, -0.15) is 5.10 Å². The second kappa shape index (κ2) is 6.26. The number of nitrogens with zero attached hydrogens (tertiary/aromatic N) is 2. The predicted molar refractivity (Wildman–Crippen MR) is 67.5 cm³/mol. The van der Waals surface area contributed by atoms with Gasteiger partial charge in [0.05, 0.1) is 0 Å². The summed E-state index contributed by atoms with van der Waals surface area (Å²) in [5, 5.41) is 9.93. The van der Waals surface area contributed by atoms with E-state index in [4.69, 9.17) is 0 Å². The van der Waals surface area contributed by atoms with E-state index in [0.29, 0.717) is 0 Å². The summed E-state index contributed by atoms with van der Waals surface area (Å²) in [6.07, 6.45) is 3.09. The van der Waals surface area contributed by atoms with Crippen molar-refractivity contribution in [3.63, 3.8) is 0 Å². The van der Waals surface area contributed by atoms with Crippen LogP contribution in [0, 0.1) is 5.82 Å². The normalized spacial score (nSPS) is 12.6. The summed E-state index contributed by atoms with van der Waals surface area (Å²) in [6.45, 7) is 2.78. The smallest absolute Gasteiger partial charge is 0.137 e. The van der Waals surface area contributed by atoms with Crippen LogP contribution in [-0.2, 0) is 6.42 Å². The first-order valence-corrected chi connectivity index (χ1v) is 6.13. The highest BCUT2D eigenvalue weighted by atomic mass is 19.1. The molecule has 0 saturated carbocycles. The first-order valence-electron chi connectivity index (χ1n) is 6.13. The van der Waals surface area contributed by atoms with Gasteiger partial charge in [-0.15, -0.1) is 0 Å². The third kappa shape index (κ3) is 3.13. The third-order valence-electron chi connectivity index (χ3n) is 2.91. The van der Waals surface area contributed by atoms with Crippen LogP contribution in [0.25, 0.3) is 0 Å². The molecule has 1 heterocycles. The van der Waals surface area contributed by atoms with Crippen LogP contribution in [0.5, 0.6) is 0 Å². The van der Waals surface area contributed by atoms with E-state index in [9.17, 15) is 4.39 Å². The molecule has 2 aromatic rings. The summed E-state index contributed by atoms with van der Waals surface area (Å²) in [7, 11) is 0. The summed E-state index contributed by atoms with van der Waals surface area (Å²) in [4.78, 5) is 4.05. The van der Waals surface area contributed by atoms with E-state index in [0.717, 1.165) is 30.8 Å². The number of hydrogen-bond acceptors (Lipinski definition) is 3. The van der Waals surface area contributed by atoms with Crippen LogP contribution in [0.2, 0.25) is 0 Å². The second-order valence-corrected chi connectivity index (χ2v) is 4.12. The molecule has 0 amide bonds. The fourth-order valence-electron chi connectivity index (χ4n) is 1.95. The average molecular weight is 248 g/mol. The summed E-state index contributed by atoms with van der Waals surface area (Å²) < 4.78 is 13.7. The van der Waals surface area contributed by atoms with Gasteiger partial charge >= 0.3 is 0 Å². The number of rotatable bonds is 6. The van der Waals surface area contributed by atoms with E-state index in [1.54, 1.807) is 6.07 Å². The zero-order valence-corrected chi connectivity index (χ0v) is 10.4. The molecule has 0 saturated heterocycles. The van der Waals surface area contributed by atoms with Crippen molar-refractivity contribution in [1.29, 1.82) is 0 Å². The predicted octanol–water partition coefficient (Wildman–Crippen LogP) is 2.23. The monoisotopic (exact) mass is 248 g/mol. The van der Waals surface area contributed by atoms with Crippen molar-refractivity contribution in [3.8, 4) is 0 Å². The van der Waals surface area contributed by atoms with Crippen molar-refractivity contribution >= 4 is 0 Å². The van der Waals surface area contributed by atoms with Gasteiger partial charge in [0.25, 0.3) is 0 Å². The van der Waals surface area contributed by atoms with Gasteiger partial charge in [-0.1, -0.05) is 25.1 Å². The molecule has 1 aromatic carbocycles. The number of nitrogens with one attached hydrogen (secondary N) is 2. The molecule has 2 rings (SSSR count). The lowest BCUT2D eigenvalue weighted by molar-refractivity contribution is 0.489. The summed E-state index contributed by atoms with van der Waals surface area (Å²) in [5.41, 5.74) is 0.720. The maximum absolute atomic E-state index is 13.7. The Morgan fingerprint density at radius 2 is 2.22 bits per heavy atom. The maximum Gasteiger partial charge on any atom is 0.137 e. The van der Waals surface area contributed by atoms with Gasteiger partial charge in [-0.05, 0) is 12.5 Å². The van der Waals surface area contributed by atoms with Crippen LogP contribution >= 0.6 is 0 Å². The minimum absolute atomic E-state index is 0.0362. The number of aromatic nitrogens is 3. The van der Waals surface area contributed by atoms with E-state index in [-0.39, 0.29) is 11.9 Å². The van der Waals surface area contributed by atoms with Crippen LogP contribution < -0.4 is 5.32 Å². The average Bonchev–Trinajstić information content (AvgIpc) is 2.89. The fraction of sp³-hybridized carbons (Fsp3) is 0.385. The molecule has 0 bridgehead atoms. The molecular formula is C13H17FN4. The molecule has 0 fully saturated rings. The van der Waals surface area contributed by atoms with Gasteiger partial charge in [0.2, 0.25) is 0 Å². The molecule has 0 aliphatic rings. The minimum Gasteiger partial charge on any atom is -0.309 e. The number of hydrogen-bond donors (Lipinski definition) is 2. The standard InChI is InChI=1S/C13H17FN4/c1-2-12(10-5-3-4-6-11(10)14)15-8-7-13-16-9-17-18-13/h3-6,9,12,15H,2,7-8H2,1H3,(H,16,17,18). The zero-order chi connectivity index (χ0) is 12.8. The van der Waals surface area contributed by atoms with Crippen LogP contribution in [0.3, 0.4) is 0 Å². The molecule has 0 spiro atoms. The Labute approximate surface area is 106 Å². The molecule has 5 heteroatoms. The summed E-state index contributed by atoms with van der Waals surface area (Å²) in [5.74, 6) is 0.683. The summed E-state index contributed by atoms with van der Waals surface area (Å²) in [6, 6.07) is 6.93. The quantitative estimate of drug-likeness (QED) is 0.824. The van der Waals surface area contributed by atoms with Gasteiger partial charge in [0, 0.05) is 24.6 Å². The highest BCUT2D eigenvalue weighted by molar-refractivity contribution is 5.21. The lowest BCUT2D eigenvalue weighted by atomic mass is 10.0. The van der Waals surface area contributed by atoms with Crippen LogP contribution in [-0.4, -0.2) is 21.7 Å². The Hall–Kier alpha value is -1.75. The van der Waals surface area contributed by atoms with Crippen molar-refractivity contribution in [2.24, 2.45) is 0 Å². The van der Waals surface area contributed by atoms with Gasteiger partial charge in [0.1, 0.15) is 18.0 Å². The van der Waals surface area contributed by atoms with Gasteiger partial charge in [0.15, 0.2) is 0 Å². The van der Waals surface area contributed by atoms with E-state index in [1.165, 1.54) is 12.4 Å². The van der Waals surface area contributed by atoms with Crippen LogP contribution in [0.4, 0.5) is 4.39 Å². The van der Waals surface area contributed by atoms with Crippen molar-refractivity contribution < 1.29 is 4.39 Å². The van der Waals surface area contributed by atoms with Crippen LogP contribution in [0.1, 0.15) is 30.8 Å². The first kappa shape index (κ1) is 12.7. The summed E-state index contributed by atoms with van der Waals surface area (Å²) >= 11 is 0. The van der Waals surface area contributed by atoms with E-state index < -0.39 is 0 Å². The molecule has 2 N–H and O–H groups in total. The zero-order valence-electron chi connectivity index (χ0n) is 10.4. The Balaban J connectivity index is 1.91. The van der Waals surface area contributed by atoms with E-state index in [1.807, 2.05) is 19.1 Å². The lowest BCUT2D eigenvalue weighted by Gasteiger charge is -2.17. The molecule has 1 unspecified atom stereocenters. The topological polar surface area (TPSA) is 53.6 Å². The van der Waals surface area contributed by atoms with Crippen molar-refractivity contribution in [2.75, 3.05) is 6.54 Å². The molecule has 0 radical (unpaired) electrons. The number of benzene rings is 1. The fourth-order valence-corrected chi connectivity index (χ4v) is 1.95. The minimum atomic E-state index is -0.156. The molecule has 18 heavy (non-hydrogen) atoms. The Bertz CT molecular complexity index is 470. The largest absolute Gasteiger partial charge is 0.309 e. The molecule has 0 aliphatic carbocycles. The van der Waals surface area contributed by atoms with Gasteiger partial charge < -0.3 is 5.32 Å². The number of H-pyrrole nitrogens is 1.